The van der Waals surface area contributed by atoms with Crippen LogP contribution in [0.15, 0.2) is 30.3 Å². The molecule has 0 aliphatic carbocycles. The summed E-state index contributed by atoms with van der Waals surface area (Å²) in [6.07, 6.45) is 0. The van der Waals surface area contributed by atoms with Crippen molar-refractivity contribution in [1.29, 1.82) is 5.26 Å². The summed E-state index contributed by atoms with van der Waals surface area (Å²) < 4.78 is 0. The van der Waals surface area contributed by atoms with Crippen LogP contribution in [0.2, 0.25) is 0 Å². The molecule has 1 saturated heterocycles. The van der Waals surface area contributed by atoms with Gasteiger partial charge in [-0.05, 0) is 26.0 Å². The molecule has 1 aliphatic rings. The Labute approximate surface area is 119 Å². The molecular weight excluding hydrogens is 248 g/mol. The number of rotatable bonds is 1. The second-order valence-corrected chi connectivity index (χ2v) is 5.47. The van der Waals surface area contributed by atoms with Gasteiger partial charge in [-0.1, -0.05) is 18.2 Å². The van der Waals surface area contributed by atoms with E-state index in [0.29, 0.717) is 17.6 Å². The fraction of sp³-hybridized carbons (Fsp3) is 0.375. The number of anilines is 1. The number of hydrogen-bond donors (Lipinski definition) is 1. The van der Waals surface area contributed by atoms with Gasteiger partial charge in [-0.25, -0.2) is 4.98 Å². The molecule has 1 aromatic carbocycles. The molecule has 0 saturated carbocycles. The van der Waals surface area contributed by atoms with E-state index in [2.05, 4.69) is 30.1 Å². The zero-order valence-electron chi connectivity index (χ0n) is 11.8. The van der Waals surface area contributed by atoms with E-state index < -0.39 is 0 Å². The van der Waals surface area contributed by atoms with E-state index in [-0.39, 0.29) is 0 Å². The number of benzene rings is 1. The van der Waals surface area contributed by atoms with Crippen molar-refractivity contribution in [3.8, 4) is 6.07 Å². The molecule has 2 heterocycles. The monoisotopic (exact) mass is 266 g/mol. The zero-order chi connectivity index (χ0) is 14.1. The van der Waals surface area contributed by atoms with Gasteiger partial charge in [0.05, 0.1) is 17.1 Å². The number of aromatic nitrogens is 1. The first kappa shape index (κ1) is 12.9. The summed E-state index contributed by atoms with van der Waals surface area (Å²) in [5.74, 6) is 0.904. The van der Waals surface area contributed by atoms with E-state index in [1.165, 1.54) is 0 Å². The van der Waals surface area contributed by atoms with Crippen molar-refractivity contribution in [3.63, 3.8) is 0 Å². The number of nitrogens with zero attached hydrogens (tertiary/aromatic N) is 3. The summed E-state index contributed by atoms with van der Waals surface area (Å²) in [5, 5.41) is 13.8. The molecule has 1 fully saturated rings. The summed E-state index contributed by atoms with van der Waals surface area (Å²) in [5.41, 5.74) is 1.59. The summed E-state index contributed by atoms with van der Waals surface area (Å²) in [7, 11) is 0. The predicted molar refractivity (Wildman–Crippen MR) is 80.7 cm³/mol. The van der Waals surface area contributed by atoms with Crippen LogP contribution in [0.25, 0.3) is 10.9 Å². The van der Waals surface area contributed by atoms with Crippen molar-refractivity contribution in [1.82, 2.24) is 10.3 Å². The van der Waals surface area contributed by atoms with E-state index in [1.807, 2.05) is 30.3 Å². The SMILES string of the molecule is CC1CN(c2cc(C#N)c3ccccc3n2)C(C)CN1. The summed E-state index contributed by atoms with van der Waals surface area (Å²) in [6.45, 7) is 6.21. The van der Waals surface area contributed by atoms with Crippen molar-refractivity contribution >= 4 is 16.7 Å². The minimum Gasteiger partial charge on any atom is -0.351 e. The fourth-order valence-electron chi connectivity index (χ4n) is 2.74. The number of piperazine rings is 1. The van der Waals surface area contributed by atoms with Crippen LogP contribution in [0.4, 0.5) is 5.82 Å². The highest BCUT2D eigenvalue weighted by molar-refractivity contribution is 5.86. The third kappa shape index (κ3) is 2.21. The van der Waals surface area contributed by atoms with E-state index >= 15 is 0 Å². The van der Waals surface area contributed by atoms with Gasteiger partial charge in [0.15, 0.2) is 0 Å². The summed E-state index contributed by atoms with van der Waals surface area (Å²) in [4.78, 5) is 7.03. The van der Waals surface area contributed by atoms with Crippen LogP contribution in [0.3, 0.4) is 0 Å². The highest BCUT2D eigenvalue weighted by Crippen LogP contribution is 2.24. The lowest BCUT2D eigenvalue weighted by Gasteiger charge is -2.38. The molecule has 20 heavy (non-hydrogen) atoms. The van der Waals surface area contributed by atoms with Crippen molar-refractivity contribution < 1.29 is 0 Å². The molecule has 0 bridgehead atoms. The number of nitrogens with one attached hydrogen (secondary N) is 1. The first-order valence-electron chi connectivity index (χ1n) is 6.99. The van der Waals surface area contributed by atoms with Gasteiger partial charge in [0, 0.05) is 30.6 Å². The number of hydrogen-bond acceptors (Lipinski definition) is 4. The first-order valence-corrected chi connectivity index (χ1v) is 6.99. The van der Waals surface area contributed by atoms with E-state index in [1.54, 1.807) is 0 Å². The van der Waals surface area contributed by atoms with E-state index in [9.17, 15) is 5.26 Å². The Morgan fingerprint density at radius 1 is 1.35 bits per heavy atom. The van der Waals surface area contributed by atoms with Crippen LogP contribution in [-0.2, 0) is 0 Å². The molecule has 2 unspecified atom stereocenters. The van der Waals surface area contributed by atoms with Crippen molar-refractivity contribution in [2.45, 2.75) is 25.9 Å². The van der Waals surface area contributed by atoms with E-state index in [0.717, 1.165) is 29.8 Å². The maximum absolute atomic E-state index is 9.37. The van der Waals surface area contributed by atoms with Gasteiger partial charge >= 0.3 is 0 Å². The molecule has 1 aliphatic heterocycles. The number of fused-ring (bicyclic) bond motifs is 1. The highest BCUT2D eigenvalue weighted by atomic mass is 15.3. The molecule has 2 atom stereocenters. The number of nitriles is 1. The van der Waals surface area contributed by atoms with Crippen LogP contribution in [-0.4, -0.2) is 30.2 Å². The Hall–Kier alpha value is -2.12. The Bertz CT molecular complexity index is 674. The smallest absolute Gasteiger partial charge is 0.130 e. The predicted octanol–water partition coefficient (Wildman–Crippen LogP) is 2.29. The third-order valence-corrected chi connectivity index (χ3v) is 3.88. The standard InChI is InChI=1S/C16H18N4/c1-11-10-20(12(2)9-18-11)16-7-13(8-17)14-5-3-4-6-15(14)19-16/h3-7,11-12,18H,9-10H2,1-2H3. The van der Waals surface area contributed by atoms with Crippen LogP contribution in [0, 0.1) is 11.3 Å². The minimum absolute atomic E-state index is 0.381. The lowest BCUT2D eigenvalue weighted by molar-refractivity contribution is 0.423. The van der Waals surface area contributed by atoms with Gasteiger partial charge in [0.25, 0.3) is 0 Å². The van der Waals surface area contributed by atoms with Gasteiger partial charge in [0.2, 0.25) is 0 Å². The summed E-state index contributed by atoms with van der Waals surface area (Å²) in [6, 6.07) is 12.9. The van der Waals surface area contributed by atoms with E-state index in [4.69, 9.17) is 4.98 Å². The first-order chi connectivity index (χ1) is 9.69. The molecule has 2 aromatic rings. The quantitative estimate of drug-likeness (QED) is 0.860. The lowest BCUT2D eigenvalue weighted by Crippen LogP contribution is -2.54. The average molecular weight is 266 g/mol. The largest absolute Gasteiger partial charge is 0.351 e. The minimum atomic E-state index is 0.381. The Morgan fingerprint density at radius 3 is 2.95 bits per heavy atom. The molecule has 0 spiro atoms. The average Bonchev–Trinajstić information content (AvgIpc) is 2.48. The molecule has 1 aromatic heterocycles. The van der Waals surface area contributed by atoms with Crippen molar-refractivity contribution in [3.05, 3.63) is 35.9 Å². The Morgan fingerprint density at radius 2 is 2.15 bits per heavy atom. The number of pyridine rings is 1. The van der Waals surface area contributed by atoms with Crippen LogP contribution < -0.4 is 10.2 Å². The molecule has 0 radical (unpaired) electrons. The van der Waals surface area contributed by atoms with Gasteiger partial charge in [-0.2, -0.15) is 5.26 Å². The van der Waals surface area contributed by atoms with Crippen molar-refractivity contribution in [2.75, 3.05) is 18.0 Å². The molecule has 0 amide bonds. The molecule has 1 N–H and O–H groups in total. The number of para-hydroxylation sites is 1. The second-order valence-electron chi connectivity index (χ2n) is 5.47. The van der Waals surface area contributed by atoms with Gasteiger partial charge in [-0.3, -0.25) is 0 Å². The molecule has 4 nitrogen and oxygen atoms in total. The second kappa shape index (κ2) is 5.10. The van der Waals surface area contributed by atoms with Gasteiger partial charge in [0.1, 0.15) is 5.82 Å². The maximum atomic E-state index is 9.37. The Kier molecular flexibility index (Phi) is 3.29. The molecular formula is C16H18N4. The van der Waals surface area contributed by atoms with Crippen molar-refractivity contribution in [2.24, 2.45) is 0 Å². The van der Waals surface area contributed by atoms with Crippen LogP contribution >= 0.6 is 0 Å². The third-order valence-electron chi connectivity index (χ3n) is 3.88. The Balaban J connectivity index is 2.10. The summed E-state index contributed by atoms with van der Waals surface area (Å²) >= 11 is 0. The fourth-order valence-corrected chi connectivity index (χ4v) is 2.74. The van der Waals surface area contributed by atoms with Gasteiger partial charge in [-0.15, -0.1) is 0 Å². The zero-order valence-corrected chi connectivity index (χ0v) is 11.8. The van der Waals surface area contributed by atoms with Gasteiger partial charge < -0.3 is 10.2 Å². The maximum Gasteiger partial charge on any atom is 0.130 e. The molecule has 102 valence electrons. The highest BCUT2D eigenvalue weighted by Gasteiger charge is 2.24. The molecule has 3 rings (SSSR count). The normalized spacial score (nSPS) is 22.8. The topological polar surface area (TPSA) is 52.0 Å². The lowest BCUT2D eigenvalue weighted by atomic mass is 10.1. The molecule has 4 heteroatoms. The van der Waals surface area contributed by atoms with Crippen LogP contribution in [0.1, 0.15) is 19.4 Å². The van der Waals surface area contributed by atoms with Crippen LogP contribution in [0.5, 0.6) is 0 Å².